The maximum atomic E-state index is 5.77. The first-order valence-electron chi connectivity index (χ1n) is 6.35. The van der Waals surface area contributed by atoms with Gasteiger partial charge in [-0.3, -0.25) is 4.99 Å². The molecule has 0 saturated heterocycles. The summed E-state index contributed by atoms with van der Waals surface area (Å²) in [6, 6.07) is 1.04. The molecule has 0 heterocycles. The minimum absolute atomic E-state index is 0.750. The molecule has 0 fully saturated rings. The van der Waals surface area contributed by atoms with Crippen molar-refractivity contribution in [2.75, 3.05) is 19.8 Å². The molecule has 0 bridgehead atoms. The Hall–Kier alpha value is -0.193. The molecule has 0 atom stereocenters. The summed E-state index contributed by atoms with van der Waals surface area (Å²) in [7, 11) is -1.90. The molecule has 0 aliphatic carbocycles. The van der Waals surface area contributed by atoms with Gasteiger partial charge < -0.3 is 8.85 Å². The molecule has 0 saturated carbocycles. The van der Waals surface area contributed by atoms with Gasteiger partial charge in [0.2, 0.25) is 0 Å². The summed E-state index contributed by atoms with van der Waals surface area (Å²) in [5.41, 5.74) is 1.23. The quantitative estimate of drug-likeness (QED) is 0.354. The van der Waals surface area contributed by atoms with Crippen molar-refractivity contribution in [1.29, 1.82) is 0 Å². The van der Waals surface area contributed by atoms with E-state index in [0.717, 1.165) is 38.6 Å². The molecule has 0 spiro atoms. The molecule has 16 heavy (non-hydrogen) atoms. The van der Waals surface area contributed by atoms with E-state index in [0.29, 0.717) is 0 Å². The van der Waals surface area contributed by atoms with Gasteiger partial charge in [-0.25, -0.2) is 0 Å². The lowest BCUT2D eigenvalue weighted by molar-refractivity contribution is 0.188. The van der Waals surface area contributed by atoms with Crippen molar-refractivity contribution in [2.45, 2.75) is 53.1 Å². The van der Waals surface area contributed by atoms with Gasteiger partial charge in [0, 0.05) is 25.5 Å². The lowest BCUT2D eigenvalue weighted by Crippen LogP contribution is -2.38. The van der Waals surface area contributed by atoms with E-state index in [1.165, 1.54) is 5.71 Å². The monoisotopic (exact) mass is 245 g/mol. The molecule has 0 N–H and O–H groups in total. The van der Waals surface area contributed by atoms with Gasteiger partial charge in [0.1, 0.15) is 0 Å². The van der Waals surface area contributed by atoms with Gasteiger partial charge >= 0.3 is 8.56 Å². The van der Waals surface area contributed by atoms with E-state index in [2.05, 4.69) is 25.4 Å². The molecule has 0 aliphatic rings. The standard InChI is InChI=1S/C12H27NO2Si/c1-6-12(4)13-10-9-11-16(5,14-7-2)15-8-3/h6-11H2,1-5H3/b13-12-. The average Bonchev–Trinajstić information content (AvgIpc) is 2.25. The Morgan fingerprint density at radius 3 is 2.12 bits per heavy atom. The molecular weight excluding hydrogens is 218 g/mol. The number of aliphatic imine (C=N–C) groups is 1. The Bertz CT molecular complexity index is 201. The Labute approximate surface area is 102 Å². The van der Waals surface area contributed by atoms with Gasteiger partial charge in [-0.05, 0) is 46.2 Å². The molecule has 96 valence electrons. The van der Waals surface area contributed by atoms with E-state index < -0.39 is 8.56 Å². The van der Waals surface area contributed by atoms with Crippen molar-refractivity contribution < 1.29 is 8.85 Å². The smallest absolute Gasteiger partial charge is 0.334 e. The van der Waals surface area contributed by atoms with Crippen LogP contribution in [0.2, 0.25) is 12.6 Å². The van der Waals surface area contributed by atoms with Crippen LogP contribution in [0.15, 0.2) is 4.99 Å². The number of nitrogens with zero attached hydrogens (tertiary/aromatic N) is 1. The first-order chi connectivity index (χ1) is 7.58. The lowest BCUT2D eigenvalue weighted by atomic mass is 10.3. The van der Waals surface area contributed by atoms with Gasteiger partial charge in [-0.2, -0.15) is 0 Å². The van der Waals surface area contributed by atoms with Gasteiger partial charge in [0.05, 0.1) is 0 Å². The summed E-state index contributed by atoms with van der Waals surface area (Å²) in [5, 5.41) is 0. The molecule has 0 aromatic carbocycles. The van der Waals surface area contributed by atoms with Crippen LogP contribution < -0.4 is 0 Å². The van der Waals surface area contributed by atoms with Gasteiger partial charge in [-0.15, -0.1) is 0 Å². The molecule has 0 unspecified atom stereocenters. The summed E-state index contributed by atoms with van der Waals surface area (Å²) in [4.78, 5) is 4.49. The summed E-state index contributed by atoms with van der Waals surface area (Å²) >= 11 is 0. The zero-order chi connectivity index (χ0) is 12.4. The van der Waals surface area contributed by atoms with Crippen molar-refractivity contribution in [3.8, 4) is 0 Å². The van der Waals surface area contributed by atoms with E-state index >= 15 is 0 Å². The second-order valence-corrected chi connectivity index (χ2v) is 7.42. The van der Waals surface area contributed by atoms with E-state index in [1.807, 2.05) is 13.8 Å². The SMILES string of the molecule is CCO[Si](C)(CCC/N=C(/C)CC)OCC. The zero-order valence-corrected chi connectivity index (χ0v) is 12.5. The summed E-state index contributed by atoms with van der Waals surface area (Å²) in [5.74, 6) is 0. The van der Waals surface area contributed by atoms with Crippen LogP contribution in [0.3, 0.4) is 0 Å². The lowest BCUT2D eigenvalue weighted by Gasteiger charge is -2.25. The highest BCUT2D eigenvalue weighted by Crippen LogP contribution is 2.15. The largest absolute Gasteiger partial charge is 0.395 e. The van der Waals surface area contributed by atoms with Crippen LogP contribution in [0.25, 0.3) is 0 Å². The minimum atomic E-state index is -1.90. The maximum absolute atomic E-state index is 5.77. The molecule has 0 aromatic rings. The summed E-state index contributed by atoms with van der Waals surface area (Å²) in [6.07, 6.45) is 2.12. The van der Waals surface area contributed by atoms with Crippen molar-refractivity contribution in [3.63, 3.8) is 0 Å². The third-order valence-corrected chi connectivity index (χ3v) is 5.64. The maximum Gasteiger partial charge on any atom is 0.334 e. The summed E-state index contributed by atoms with van der Waals surface area (Å²) < 4.78 is 11.5. The Kier molecular flexibility index (Phi) is 8.79. The second kappa shape index (κ2) is 8.90. The molecule has 3 nitrogen and oxygen atoms in total. The third kappa shape index (κ3) is 7.14. The first kappa shape index (κ1) is 15.8. The van der Waals surface area contributed by atoms with E-state index in [4.69, 9.17) is 8.85 Å². The van der Waals surface area contributed by atoms with Crippen LogP contribution in [0, 0.1) is 0 Å². The van der Waals surface area contributed by atoms with Crippen molar-refractivity contribution >= 4 is 14.3 Å². The fourth-order valence-electron chi connectivity index (χ4n) is 1.58. The van der Waals surface area contributed by atoms with E-state index in [1.54, 1.807) is 0 Å². The fourth-order valence-corrected chi connectivity index (χ4v) is 3.97. The van der Waals surface area contributed by atoms with E-state index in [-0.39, 0.29) is 0 Å². The van der Waals surface area contributed by atoms with Gasteiger partial charge in [0.15, 0.2) is 0 Å². The fraction of sp³-hybridized carbons (Fsp3) is 0.917. The van der Waals surface area contributed by atoms with Crippen molar-refractivity contribution in [1.82, 2.24) is 0 Å². The number of hydrogen-bond donors (Lipinski definition) is 0. The van der Waals surface area contributed by atoms with Crippen molar-refractivity contribution in [3.05, 3.63) is 0 Å². The molecule has 4 heteroatoms. The van der Waals surface area contributed by atoms with Gasteiger partial charge in [0.25, 0.3) is 0 Å². The first-order valence-corrected chi connectivity index (χ1v) is 8.88. The van der Waals surface area contributed by atoms with Crippen LogP contribution in [0.5, 0.6) is 0 Å². The summed E-state index contributed by atoms with van der Waals surface area (Å²) in [6.45, 7) is 12.8. The molecule has 0 aliphatic heterocycles. The second-order valence-electron chi connectivity index (χ2n) is 4.07. The van der Waals surface area contributed by atoms with Crippen LogP contribution in [-0.4, -0.2) is 34.0 Å². The highest BCUT2D eigenvalue weighted by atomic mass is 28.4. The predicted molar refractivity (Wildman–Crippen MR) is 72.6 cm³/mol. The van der Waals surface area contributed by atoms with Crippen LogP contribution in [0.1, 0.15) is 40.5 Å². The molecule has 0 aromatic heterocycles. The Morgan fingerprint density at radius 1 is 1.12 bits per heavy atom. The third-order valence-electron chi connectivity index (χ3n) is 2.58. The molecular formula is C12H27NO2Si. The zero-order valence-electron chi connectivity index (χ0n) is 11.5. The van der Waals surface area contributed by atoms with Crippen LogP contribution in [0.4, 0.5) is 0 Å². The van der Waals surface area contributed by atoms with Crippen LogP contribution in [-0.2, 0) is 8.85 Å². The van der Waals surface area contributed by atoms with Gasteiger partial charge in [-0.1, -0.05) is 6.92 Å². The Balaban J connectivity index is 3.93. The number of hydrogen-bond acceptors (Lipinski definition) is 3. The normalized spacial score (nSPS) is 13.2. The predicted octanol–water partition coefficient (Wildman–Crippen LogP) is 3.39. The topological polar surface area (TPSA) is 30.8 Å². The molecule has 0 radical (unpaired) electrons. The van der Waals surface area contributed by atoms with Crippen LogP contribution >= 0.6 is 0 Å². The minimum Gasteiger partial charge on any atom is -0.395 e. The highest BCUT2D eigenvalue weighted by Gasteiger charge is 2.29. The molecule has 0 rings (SSSR count). The number of rotatable bonds is 9. The van der Waals surface area contributed by atoms with E-state index in [9.17, 15) is 0 Å². The highest BCUT2D eigenvalue weighted by molar-refractivity contribution is 6.66. The molecule has 0 amide bonds. The average molecular weight is 245 g/mol. The van der Waals surface area contributed by atoms with Crippen molar-refractivity contribution in [2.24, 2.45) is 4.99 Å². The Morgan fingerprint density at radius 2 is 1.69 bits per heavy atom.